The van der Waals surface area contributed by atoms with Gasteiger partial charge in [0.25, 0.3) is 5.91 Å². The Kier molecular flexibility index (Phi) is 4.20. The third-order valence-electron chi connectivity index (χ3n) is 3.94. The molecule has 116 valence electrons. The van der Waals surface area contributed by atoms with Crippen LogP contribution in [-0.4, -0.2) is 38.2 Å². The Morgan fingerprint density at radius 1 is 1.27 bits per heavy atom. The molecule has 1 amide bonds. The van der Waals surface area contributed by atoms with Gasteiger partial charge < -0.3 is 14.2 Å². The van der Waals surface area contributed by atoms with Gasteiger partial charge in [0, 0.05) is 13.1 Å². The molecule has 0 unspecified atom stereocenters. The quantitative estimate of drug-likeness (QED) is 0.859. The van der Waals surface area contributed by atoms with Crippen molar-refractivity contribution < 1.29 is 9.53 Å². The Bertz CT molecular complexity index is 653. The Hall–Kier alpha value is -2.21. The van der Waals surface area contributed by atoms with Gasteiger partial charge in [0.1, 0.15) is 11.9 Å². The van der Waals surface area contributed by atoms with Crippen LogP contribution >= 0.6 is 0 Å². The van der Waals surface area contributed by atoms with Gasteiger partial charge in [-0.3, -0.25) is 4.79 Å². The van der Waals surface area contributed by atoms with Gasteiger partial charge >= 0.3 is 0 Å². The molecule has 0 spiro atoms. The second kappa shape index (κ2) is 6.27. The van der Waals surface area contributed by atoms with E-state index in [1.807, 2.05) is 37.3 Å². The van der Waals surface area contributed by atoms with E-state index in [4.69, 9.17) is 4.74 Å². The highest BCUT2D eigenvalue weighted by Gasteiger charge is 2.26. The summed E-state index contributed by atoms with van der Waals surface area (Å²) in [5, 5.41) is 8.18. The summed E-state index contributed by atoms with van der Waals surface area (Å²) in [6.07, 6.45) is -0.462. The Balaban J connectivity index is 1.57. The number of rotatable bonds is 4. The summed E-state index contributed by atoms with van der Waals surface area (Å²) in [5.41, 5.74) is 1.07. The third kappa shape index (κ3) is 3.01. The van der Waals surface area contributed by atoms with Crippen LogP contribution in [0, 0.1) is 6.92 Å². The van der Waals surface area contributed by atoms with E-state index in [0.29, 0.717) is 19.7 Å². The van der Waals surface area contributed by atoms with Crippen LogP contribution in [0.1, 0.15) is 24.1 Å². The molecule has 0 radical (unpaired) electrons. The van der Waals surface area contributed by atoms with Crippen LogP contribution < -0.4 is 0 Å². The van der Waals surface area contributed by atoms with Crippen molar-refractivity contribution >= 4 is 5.91 Å². The van der Waals surface area contributed by atoms with Crippen molar-refractivity contribution in [3.05, 3.63) is 47.5 Å². The predicted molar refractivity (Wildman–Crippen MR) is 80.9 cm³/mol. The smallest absolute Gasteiger partial charge is 0.251 e. The molecular formula is C16H20N4O2. The van der Waals surface area contributed by atoms with Crippen LogP contribution in [-0.2, 0) is 29.2 Å². The van der Waals surface area contributed by atoms with Gasteiger partial charge in [0.05, 0.1) is 13.2 Å². The van der Waals surface area contributed by atoms with Crippen molar-refractivity contribution in [2.45, 2.75) is 39.6 Å². The zero-order valence-corrected chi connectivity index (χ0v) is 12.9. The zero-order chi connectivity index (χ0) is 15.5. The molecule has 1 atom stereocenters. The molecule has 3 rings (SSSR count). The van der Waals surface area contributed by atoms with Crippen molar-refractivity contribution in [3.8, 4) is 0 Å². The van der Waals surface area contributed by atoms with E-state index < -0.39 is 6.10 Å². The fourth-order valence-electron chi connectivity index (χ4n) is 2.62. The summed E-state index contributed by atoms with van der Waals surface area (Å²) in [6, 6.07) is 9.87. The molecule has 1 aliphatic rings. The lowest BCUT2D eigenvalue weighted by molar-refractivity contribution is -0.145. The van der Waals surface area contributed by atoms with E-state index in [0.717, 1.165) is 23.8 Å². The number of hydrogen-bond donors (Lipinski definition) is 0. The molecule has 0 bridgehead atoms. The molecule has 1 aromatic heterocycles. The minimum absolute atomic E-state index is 0.00262. The van der Waals surface area contributed by atoms with E-state index in [1.54, 1.807) is 11.8 Å². The van der Waals surface area contributed by atoms with Gasteiger partial charge in [-0.1, -0.05) is 30.3 Å². The van der Waals surface area contributed by atoms with E-state index in [2.05, 4.69) is 14.8 Å². The number of fused-ring (bicyclic) bond motifs is 1. The van der Waals surface area contributed by atoms with E-state index in [1.165, 1.54) is 0 Å². The van der Waals surface area contributed by atoms with Crippen LogP contribution in [0.4, 0.5) is 0 Å². The number of aryl methyl sites for hydroxylation is 1. The molecule has 1 aliphatic heterocycles. The molecular weight excluding hydrogens is 280 g/mol. The third-order valence-corrected chi connectivity index (χ3v) is 3.94. The topological polar surface area (TPSA) is 60.2 Å². The highest BCUT2D eigenvalue weighted by molar-refractivity contribution is 5.80. The monoisotopic (exact) mass is 300 g/mol. The number of carbonyl (C=O) groups is 1. The van der Waals surface area contributed by atoms with Crippen molar-refractivity contribution in [2.75, 3.05) is 6.54 Å². The summed E-state index contributed by atoms with van der Waals surface area (Å²) in [5.74, 6) is 1.74. The van der Waals surface area contributed by atoms with Gasteiger partial charge in [-0.15, -0.1) is 10.2 Å². The van der Waals surface area contributed by atoms with E-state index in [-0.39, 0.29) is 5.91 Å². The Labute approximate surface area is 129 Å². The molecule has 6 nitrogen and oxygen atoms in total. The van der Waals surface area contributed by atoms with Crippen molar-refractivity contribution in [1.82, 2.24) is 19.7 Å². The summed E-state index contributed by atoms with van der Waals surface area (Å²) in [4.78, 5) is 14.3. The van der Waals surface area contributed by atoms with E-state index >= 15 is 0 Å². The standard InChI is InChI=1S/C16H20N4O2/c1-12(22-11-14-6-4-3-5-7-14)16(21)19-8-9-20-13(2)17-18-15(20)10-19/h3-7,12H,8-11H2,1-2H3/t12-/m1/s1. The first kappa shape index (κ1) is 14.7. The van der Waals surface area contributed by atoms with Crippen LogP contribution in [0.25, 0.3) is 0 Å². The highest BCUT2D eigenvalue weighted by atomic mass is 16.5. The van der Waals surface area contributed by atoms with E-state index in [9.17, 15) is 4.79 Å². The van der Waals surface area contributed by atoms with Gasteiger partial charge in [-0.25, -0.2) is 0 Å². The fourth-order valence-corrected chi connectivity index (χ4v) is 2.62. The molecule has 22 heavy (non-hydrogen) atoms. The molecule has 0 aliphatic carbocycles. The van der Waals surface area contributed by atoms with Crippen LogP contribution in [0.15, 0.2) is 30.3 Å². The van der Waals surface area contributed by atoms with Crippen LogP contribution in [0.2, 0.25) is 0 Å². The van der Waals surface area contributed by atoms with Gasteiger partial charge in [-0.2, -0.15) is 0 Å². The van der Waals surface area contributed by atoms with Gasteiger partial charge in [-0.05, 0) is 19.4 Å². The lowest BCUT2D eigenvalue weighted by Crippen LogP contribution is -2.43. The van der Waals surface area contributed by atoms with Crippen molar-refractivity contribution in [1.29, 1.82) is 0 Å². The number of aromatic nitrogens is 3. The predicted octanol–water partition coefficient (Wildman–Crippen LogP) is 1.53. The van der Waals surface area contributed by atoms with Crippen molar-refractivity contribution in [2.24, 2.45) is 0 Å². The maximum absolute atomic E-state index is 12.5. The highest BCUT2D eigenvalue weighted by Crippen LogP contribution is 2.14. The first-order chi connectivity index (χ1) is 10.6. The minimum atomic E-state index is -0.462. The minimum Gasteiger partial charge on any atom is -0.364 e. The van der Waals surface area contributed by atoms with Gasteiger partial charge in [0.15, 0.2) is 5.82 Å². The normalized spacial score (nSPS) is 15.5. The molecule has 1 aromatic carbocycles. The largest absolute Gasteiger partial charge is 0.364 e. The molecule has 0 saturated carbocycles. The average Bonchev–Trinajstić information content (AvgIpc) is 2.93. The zero-order valence-electron chi connectivity index (χ0n) is 12.9. The van der Waals surface area contributed by atoms with Crippen LogP contribution in [0.5, 0.6) is 0 Å². The lowest BCUT2D eigenvalue weighted by Gasteiger charge is -2.29. The average molecular weight is 300 g/mol. The number of benzene rings is 1. The Morgan fingerprint density at radius 2 is 2.05 bits per heavy atom. The SMILES string of the molecule is Cc1nnc2n1CCN(C(=O)[C@@H](C)OCc1ccccc1)C2. The molecule has 2 aromatic rings. The maximum atomic E-state index is 12.5. The summed E-state index contributed by atoms with van der Waals surface area (Å²) >= 11 is 0. The maximum Gasteiger partial charge on any atom is 0.251 e. The first-order valence-corrected chi connectivity index (χ1v) is 7.48. The summed E-state index contributed by atoms with van der Waals surface area (Å²) in [6.45, 7) is 6.08. The van der Waals surface area contributed by atoms with Crippen LogP contribution in [0.3, 0.4) is 0 Å². The second-order valence-electron chi connectivity index (χ2n) is 5.51. The molecule has 0 saturated heterocycles. The molecule has 0 fully saturated rings. The van der Waals surface area contributed by atoms with Gasteiger partial charge in [0.2, 0.25) is 0 Å². The first-order valence-electron chi connectivity index (χ1n) is 7.48. The fraction of sp³-hybridized carbons (Fsp3) is 0.438. The molecule has 6 heteroatoms. The number of amides is 1. The lowest BCUT2D eigenvalue weighted by atomic mass is 10.2. The van der Waals surface area contributed by atoms with Crippen molar-refractivity contribution in [3.63, 3.8) is 0 Å². The summed E-state index contributed by atoms with van der Waals surface area (Å²) in [7, 11) is 0. The number of hydrogen-bond acceptors (Lipinski definition) is 4. The molecule has 2 heterocycles. The number of carbonyl (C=O) groups excluding carboxylic acids is 1. The number of ether oxygens (including phenoxy) is 1. The Morgan fingerprint density at radius 3 is 2.82 bits per heavy atom. The number of nitrogens with zero attached hydrogens (tertiary/aromatic N) is 4. The second-order valence-corrected chi connectivity index (χ2v) is 5.51. The molecule has 0 N–H and O–H groups in total. The summed E-state index contributed by atoms with van der Waals surface area (Å²) < 4.78 is 7.76.